The first-order valence-electron chi connectivity index (χ1n) is 8.75. The minimum Gasteiger partial charge on any atom is -0.496 e. The number of fused-ring (bicyclic) bond motifs is 1. The van der Waals surface area contributed by atoms with Gasteiger partial charge in [0.1, 0.15) is 5.75 Å². The van der Waals surface area contributed by atoms with E-state index in [2.05, 4.69) is 35.5 Å². The van der Waals surface area contributed by atoms with E-state index in [-0.39, 0.29) is 24.8 Å². The Labute approximate surface area is 183 Å². The van der Waals surface area contributed by atoms with Crippen LogP contribution in [0, 0.1) is 5.92 Å². The number of rotatable bonds is 7. The van der Waals surface area contributed by atoms with Crippen LogP contribution in [0.4, 0.5) is 11.4 Å². The molecule has 1 heterocycles. The molecule has 4 nitrogen and oxygen atoms in total. The molecular formula is C21H26Cl3N3O. The van der Waals surface area contributed by atoms with Crippen LogP contribution in [0.3, 0.4) is 0 Å². The monoisotopic (exact) mass is 441 g/mol. The average Bonchev–Trinajstić information content (AvgIpc) is 2.61. The standard InChI is InChI=1S/C21H24ClN3O.2ClH/c1-14(2)12-23-13-15-10-17(5-7-21(15)26-3)25-19-8-9-24-20-11-16(22)4-6-18(19)20;;/h4-11,14,23H,12-13H2,1-3H3,(H,24,25);2*1H. The summed E-state index contributed by atoms with van der Waals surface area (Å²) in [6.07, 6.45) is 1.79. The quantitative estimate of drug-likeness (QED) is 0.455. The lowest BCUT2D eigenvalue weighted by Gasteiger charge is -2.15. The van der Waals surface area contributed by atoms with Gasteiger partial charge in [-0.05, 0) is 54.9 Å². The van der Waals surface area contributed by atoms with E-state index in [4.69, 9.17) is 16.3 Å². The Morgan fingerprint density at radius 2 is 1.86 bits per heavy atom. The van der Waals surface area contributed by atoms with Gasteiger partial charge >= 0.3 is 0 Å². The predicted molar refractivity (Wildman–Crippen MR) is 124 cm³/mol. The van der Waals surface area contributed by atoms with E-state index in [0.29, 0.717) is 10.9 Å². The summed E-state index contributed by atoms with van der Waals surface area (Å²) >= 11 is 6.07. The van der Waals surface area contributed by atoms with E-state index in [1.54, 1.807) is 13.3 Å². The summed E-state index contributed by atoms with van der Waals surface area (Å²) in [4.78, 5) is 4.39. The van der Waals surface area contributed by atoms with Crippen LogP contribution in [0.25, 0.3) is 10.9 Å². The highest BCUT2D eigenvalue weighted by molar-refractivity contribution is 6.31. The molecule has 0 aliphatic heterocycles. The molecule has 0 atom stereocenters. The van der Waals surface area contributed by atoms with Gasteiger partial charge in [-0.2, -0.15) is 0 Å². The summed E-state index contributed by atoms with van der Waals surface area (Å²) in [6.45, 7) is 6.13. The maximum absolute atomic E-state index is 6.07. The second-order valence-corrected chi connectivity index (χ2v) is 7.13. The first-order valence-corrected chi connectivity index (χ1v) is 9.13. The van der Waals surface area contributed by atoms with Crippen molar-refractivity contribution in [2.75, 3.05) is 19.0 Å². The molecule has 1 aromatic heterocycles. The fourth-order valence-corrected chi connectivity index (χ4v) is 3.04. The molecule has 0 unspecified atom stereocenters. The molecular weight excluding hydrogens is 417 g/mol. The molecule has 0 aliphatic carbocycles. The zero-order valence-electron chi connectivity index (χ0n) is 16.2. The summed E-state index contributed by atoms with van der Waals surface area (Å²) < 4.78 is 5.50. The number of anilines is 2. The maximum Gasteiger partial charge on any atom is 0.123 e. The molecule has 2 N–H and O–H groups in total. The Morgan fingerprint density at radius 1 is 1.07 bits per heavy atom. The fourth-order valence-electron chi connectivity index (χ4n) is 2.88. The number of halogens is 3. The van der Waals surface area contributed by atoms with Crippen molar-refractivity contribution in [3.63, 3.8) is 0 Å². The van der Waals surface area contributed by atoms with Crippen molar-refractivity contribution in [1.29, 1.82) is 0 Å². The second-order valence-electron chi connectivity index (χ2n) is 6.70. The van der Waals surface area contributed by atoms with Crippen LogP contribution in [0.2, 0.25) is 5.02 Å². The fraction of sp³-hybridized carbons (Fsp3) is 0.286. The summed E-state index contributed by atoms with van der Waals surface area (Å²) in [5, 5.41) is 8.68. The Balaban J connectivity index is 0.00000196. The van der Waals surface area contributed by atoms with Crippen molar-refractivity contribution < 1.29 is 4.74 Å². The number of methoxy groups -OCH3 is 1. The normalized spacial score (nSPS) is 10.3. The second kappa shape index (κ2) is 11.3. The van der Waals surface area contributed by atoms with Gasteiger partial charge in [0.05, 0.1) is 12.6 Å². The molecule has 0 aliphatic rings. The van der Waals surface area contributed by atoms with Crippen molar-refractivity contribution in [1.82, 2.24) is 10.3 Å². The molecule has 0 radical (unpaired) electrons. The van der Waals surface area contributed by atoms with Crippen LogP contribution >= 0.6 is 36.4 Å². The number of aromatic nitrogens is 1. The molecule has 0 saturated carbocycles. The van der Waals surface area contributed by atoms with Crippen molar-refractivity contribution in [2.24, 2.45) is 5.92 Å². The van der Waals surface area contributed by atoms with Gasteiger partial charge in [-0.1, -0.05) is 25.4 Å². The highest BCUT2D eigenvalue weighted by Crippen LogP contribution is 2.29. The van der Waals surface area contributed by atoms with Gasteiger partial charge in [-0.3, -0.25) is 4.98 Å². The number of ether oxygens (including phenoxy) is 1. The van der Waals surface area contributed by atoms with Crippen LogP contribution in [0.5, 0.6) is 5.75 Å². The summed E-state index contributed by atoms with van der Waals surface area (Å²) in [5.74, 6) is 1.50. The SMILES string of the molecule is COc1ccc(Nc2ccnc3cc(Cl)ccc23)cc1CNCC(C)C.Cl.Cl. The number of hydrogen-bond donors (Lipinski definition) is 2. The van der Waals surface area contributed by atoms with Crippen molar-refractivity contribution >= 4 is 58.7 Å². The summed E-state index contributed by atoms with van der Waals surface area (Å²) in [5.41, 5.74) is 4.00. The Morgan fingerprint density at radius 3 is 2.57 bits per heavy atom. The van der Waals surface area contributed by atoms with Gasteiger partial charge in [0.25, 0.3) is 0 Å². The Bertz CT molecular complexity index is 903. The molecule has 3 aromatic rings. The highest BCUT2D eigenvalue weighted by Gasteiger charge is 2.07. The van der Waals surface area contributed by atoms with Crippen molar-refractivity contribution in [3.8, 4) is 5.75 Å². The lowest BCUT2D eigenvalue weighted by molar-refractivity contribution is 0.406. The third kappa shape index (κ3) is 6.14. The lowest BCUT2D eigenvalue weighted by Crippen LogP contribution is -2.19. The average molecular weight is 443 g/mol. The number of nitrogens with one attached hydrogen (secondary N) is 2. The third-order valence-corrected chi connectivity index (χ3v) is 4.37. The zero-order valence-corrected chi connectivity index (χ0v) is 18.5. The molecule has 3 rings (SSSR count). The largest absolute Gasteiger partial charge is 0.496 e. The van der Waals surface area contributed by atoms with E-state index >= 15 is 0 Å². The van der Waals surface area contributed by atoms with Crippen LogP contribution in [-0.2, 0) is 6.54 Å². The molecule has 0 fully saturated rings. The maximum atomic E-state index is 6.07. The molecule has 28 heavy (non-hydrogen) atoms. The van der Waals surface area contributed by atoms with E-state index < -0.39 is 0 Å². The van der Waals surface area contributed by atoms with E-state index in [1.807, 2.05) is 36.4 Å². The predicted octanol–water partition coefficient (Wildman–Crippen LogP) is 6.23. The number of pyridine rings is 1. The number of nitrogens with zero attached hydrogens (tertiary/aromatic N) is 1. The first-order chi connectivity index (χ1) is 12.6. The highest BCUT2D eigenvalue weighted by atomic mass is 35.5. The molecule has 0 saturated heterocycles. The summed E-state index contributed by atoms with van der Waals surface area (Å²) in [7, 11) is 1.70. The van der Waals surface area contributed by atoms with Crippen LogP contribution in [0.15, 0.2) is 48.7 Å². The van der Waals surface area contributed by atoms with E-state index in [0.717, 1.165) is 46.7 Å². The number of hydrogen-bond acceptors (Lipinski definition) is 4. The minimum atomic E-state index is 0. The van der Waals surface area contributed by atoms with Crippen LogP contribution in [-0.4, -0.2) is 18.6 Å². The van der Waals surface area contributed by atoms with Gasteiger partial charge in [0.2, 0.25) is 0 Å². The summed E-state index contributed by atoms with van der Waals surface area (Å²) in [6, 6.07) is 13.8. The topological polar surface area (TPSA) is 46.2 Å². The molecule has 2 aromatic carbocycles. The first kappa shape index (κ1) is 24.3. The van der Waals surface area contributed by atoms with Gasteiger partial charge in [-0.15, -0.1) is 24.8 Å². The molecule has 7 heteroatoms. The van der Waals surface area contributed by atoms with Gasteiger partial charge in [-0.25, -0.2) is 0 Å². The molecule has 0 spiro atoms. The van der Waals surface area contributed by atoms with Gasteiger partial charge in [0, 0.05) is 40.1 Å². The molecule has 0 amide bonds. The van der Waals surface area contributed by atoms with E-state index in [1.165, 1.54) is 0 Å². The van der Waals surface area contributed by atoms with Crippen LogP contribution in [0.1, 0.15) is 19.4 Å². The molecule has 152 valence electrons. The smallest absolute Gasteiger partial charge is 0.123 e. The minimum absolute atomic E-state index is 0. The van der Waals surface area contributed by atoms with Gasteiger partial charge < -0.3 is 15.4 Å². The van der Waals surface area contributed by atoms with Crippen LogP contribution < -0.4 is 15.4 Å². The Kier molecular flexibility index (Phi) is 9.83. The third-order valence-electron chi connectivity index (χ3n) is 4.13. The van der Waals surface area contributed by atoms with Crippen molar-refractivity contribution in [2.45, 2.75) is 20.4 Å². The zero-order chi connectivity index (χ0) is 18.5. The Hall–Kier alpha value is -1.72. The van der Waals surface area contributed by atoms with Crippen molar-refractivity contribution in [3.05, 3.63) is 59.2 Å². The molecule has 0 bridgehead atoms. The van der Waals surface area contributed by atoms with E-state index in [9.17, 15) is 0 Å². The van der Waals surface area contributed by atoms with Gasteiger partial charge in [0.15, 0.2) is 0 Å². The lowest BCUT2D eigenvalue weighted by atomic mass is 10.1. The number of benzene rings is 2.